The first-order valence-electron chi connectivity index (χ1n) is 8.54. The van der Waals surface area contributed by atoms with E-state index in [1.54, 1.807) is 11.2 Å². The van der Waals surface area contributed by atoms with E-state index in [-0.39, 0.29) is 10.8 Å². The first-order chi connectivity index (χ1) is 12.5. The fourth-order valence-electron chi connectivity index (χ4n) is 3.63. The van der Waals surface area contributed by atoms with E-state index in [0.29, 0.717) is 38.9 Å². The molecule has 0 spiro atoms. The first-order valence-corrected chi connectivity index (χ1v) is 9.98. The number of halogens is 1. The van der Waals surface area contributed by atoms with Crippen LogP contribution in [-0.2, 0) is 27.8 Å². The van der Waals surface area contributed by atoms with Gasteiger partial charge in [0.2, 0.25) is 15.9 Å². The zero-order chi connectivity index (χ0) is 18.3. The highest BCUT2D eigenvalue weighted by atomic mass is 32.2. The Bertz CT molecular complexity index is 926. The summed E-state index contributed by atoms with van der Waals surface area (Å²) in [5.41, 5.74) is 1.85. The second kappa shape index (κ2) is 6.48. The number of H-pyrrole nitrogens is 1. The number of nitrogens with zero attached hydrogens (tertiary/aromatic N) is 3. The molecule has 1 aromatic heterocycles. The Hall–Kier alpha value is -2.26. The van der Waals surface area contributed by atoms with Crippen LogP contribution in [0.25, 0.3) is 0 Å². The Morgan fingerprint density at radius 1 is 1.23 bits per heavy atom. The normalized spacial score (nSPS) is 21.0. The molecule has 1 N–H and O–H groups in total. The van der Waals surface area contributed by atoms with Crippen LogP contribution in [0.5, 0.6) is 0 Å². The van der Waals surface area contributed by atoms with Crippen LogP contribution in [0, 0.1) is 5.82 Å². The Morgan fingerprint density at radius 3 is 2.77 bits per heavy atom. The van der Waals surface area contributed by atoms with Crippen molar-refractivity contribution in [3.63, 3.8) is 0 Å². The molecule has 1 amide bonds. The van der Waals surface area contributed by atoms with Gasteiger partial charge in [0.25, 0.3) is 0 Å². The summed E-state index contributed by atoms with van der Waals surface area (Å²) < 4.78 is 40.2. The summed E-state index contributed by atoms with van der Waals surface area (Å²) in [4.78, 5) is 21.9. The van der Waals surface area contributed by atoms with Crippen molar-refractivity contribution < 1.29 is 17.6 Å². The lowest BCUT2D eigenvalue weighted by atomic mass is 10.1. The standard InChI is InChI=1S/C17H19FN4O3S/c18-12-3-5-13(6-4-12)26(24,25)22-8-1-2-16(22)17(23)21-9-7-14-15(10-21)20-11-19-14/h3-6,11,16H,1-2,7-10H2,(H,19,20)/t16-/m0/s1. The number of hydrogen-bond donors (Lipinski definition) is 1. The maximum atomic E-state index is 13.1. The van der Waals surface area contributed by atoms with Crippen molar-refractivity contribution in [3.05, 3.63) is 47.8 Å². The van der Waals surface area contributed by atoms with Gasteiger partial charge in [-0.05, 0) is 37.1 Å². The molecular weight excluding hydrogens is 359 g/mol. The van der Waals surface area contributed by atoms with Crippen molar-refractivity contribution in [2.75, 3.05) is 13.1 Å². The number of aromatic nitrogens is 2. The Morgan fingerprint density at radius 2 is 2.00 bits per heavy atom. The number of rotatable bonds is 3. The molecule has 9 heteroatoms. The predicted octanol–water partition coefficient (Wildman–Crippen LogP) is 1.29. The minimum absolute atomic E-state index is 0.00750. The molecule has 1 aromatic carbocycles. The van der Waals surface area contributed by atoms with Crippen LogP contribution in [0.15, 0.2) is 35.5 Å². The molecular formula is C17H19FN4O3S. The van der Waals surface area contributed by atoms with Crippen molar-refractivity contribution in [2.45, 2.75) is 36.7 Å². The molecule has 2 aliphatic heterocycles. The molecule has 0 bridgehead atoms. The number of aromatic amines is 1. The van der Waals surface area contributed by atoms with Gasteiger partial charge in [-0.3, -0.25) is 4.79 Å². The largest absolute Gasteiger partial charge is 0.347 e. The SMILES string of the molecule is O=C([C@@H]1CCCN1S(=O)(=O)c1ccc(F)cc1)N1CCc2nc[nH]c2C1. The Labute approximate surface area is 150 Å². The lowest BCUT2D eigenvalue weighted by molar-refractivity contribution is -0.135. The lowest BCUT2D eigenvalue weighted by Gasteiger charge is -2.31. The summed E-state index contributed by atoms with van der Waals surface area (Å²) in [5.74, 6) is -0.685. The Balaban J connectivity index is 1.56. The number of fused-ring (bicyclic) bond motifs is 1. The molecule has 1 saturated heterocycles. The number of imidazole rings is 1. The molecule has 1 fully saturated rings. The molecule has 4 rings (SSSR count). The zero-order valence-corrected chi connectivity index (χ0v) is 14.9. The highest BCUT2D eigenvalue weighted by Gasteiger charge is 2.41. The van der Waals surface area contributed by atoms with Crippen LogP contribution in [-0.4, -0.2) is 52.6 Å². The van der Waals surface area contributed by atoms with Crippen molar-refractivity contribution in [1.29, 1.82) is 0 Å². The molecule has 0 unspecified atom stereocenters. The monoisotopic (exact) mass is 378 g/mol. The highest BCUT2D eigenvalue weighted by molar-refractivity contribution is 7.89. The topological polar surface area (TPSA) is 86.4 Å². The lowest BCUT2D eigenvalue weighted by Crippen LogP contribution is -2.49. The van der Waals surface area contributed by atoms with Crippen molar-refractivity contribution >= 4 is 15.9 Å². The molecule has 0 aliphatic carbocycles. The minimum atomic E-state index is -3.84. The minimum Gasteiger partial charge on any atom is -0.347 e. The number of nitrogens with one attached hydrogen (secondary N) is 1. The first kappa shape index (κ1) is 17.2. The maximum Gasteiger partial charge on any atom is 0.243 e. The van der Waals surface area contributed by atoms with Crippen LogP contribution in [0.2, 0.25) is 0 Å². The Kier molecular flexibility index (Phi) is 4.28. The van der Waals surface area contributed by atoms with E-state index >= 15 is 0 Å². The average molecular weight is 378 g/mol. The van der Waals surface area contributed by atoms with E-state index in [2.05, 4.69) is 9.97 Å². The van der Waals surface area contributed by atoms with Gasteiger partial charge in [-0.2, -0.15) is 4.31 Å². The molecule has 0 radical (unpaired) electrons. The number of amides is 1. The van der Waals surface area contributed by atoms with E-state index in [0.717, 1.165) is 23.5 Å². The average Bonchev–Trinajstić information content (AvgIpc) is 3.30. The third kappa shape index (κ3) is 2.90. The summed E-state index contributed by atoms with van der Waals surface area (Å²) in [5, 5.41) is 0. The summed E-state index contributed by atoms with van der Waals surface area (Å²) in [6.45, 7) is 1.23. The summed E-state index contributed by atoms with van der Waals surface area (Å²) >= 11 is 0. The van der Waals surface area contributed by atoms with Gasteiger partial charge in [0.1, 0.15) is 11.9 Å². The van der Waals surface area contributed by atoms with Gasteiger partial charge in [-0.15, -0.1) is 0 Å². The number of carbonyl (C=O) groups excluding carboxylic acids is 1. The van der Waals surface area contributed by atoms with Gasteiger partial charge in [-0.25, -0.2) is 17.8 Å². The van der Waals surface area contributed by atoms with E-state index in [1.807, 2.05) is 0 Å². The molecule has 26 heavy (non-hydrogen) atoms. The number of carbonyl (C=O) groups is 1. The van der Waals surface area contributed by atoms with E-state index in [9.17, 15) is 17.6 Å². The maximum absolute atomic E-state index is 13.1. The zero-order valence-electron chi connectivity index (χ0n) is 14.1. The van der Waals surface area contributed by atoms with Gasteiger partial charge < -0.3 is 9.88 Å². The molecule has 1 atom stereocenters. The summed E-state index contributed by atoms with van der Waals surface area (Å²) in [6.07, 6.45) is 3.38. The predicted molar refractivity (Wildman–Crippen MR) is 91.0 cm³/mol. The quantitative estimate of drug-likeness (QED) is 0.872. The van der Waals surface area contributed by atoms with Crippen molar-refractivity contribution in [1.82, 2.24) is 19.2 Å². The molecule has 138 valence electrons. The molecule has 2 aromatic rings. The van der Waals surface area contributed by atoms with Crippen LogP contribution in [0.4, 0.5) is 4.39 Å². The van der Waals surface area contributed by atoms with Gasteiger partial charge in [0.15, 0.2) is 0 Å². The number of benzene rings is 1. The van der Waals surface area contributed by atoms with Gasteiger partial charge >= 0.3 is 0 Å². The van der Waals surface area contributed by atoms with Crippen LogP contribution in [0.3, 0.4) is 0 Å². The molecule has 0 saturated carbocycles. The fourth-order valence-corrected chi connectivity index (χ4v) is 5.28. The van der Waals surface area contributed by atoms with Gasteiger partial charge in [-0.1, -0.05) is 0 Å². The third-order valence-electron chi connectivity index (χ3n) is 5.00. The van der Waals surface area contributed by atoms with Crippen LogP contribution >= 0.6 is 0 Å². The number of hydrogen-bond acceptors (Lipinski definition) is 4. The van der Waals surface area contributed by atoms with Crippen LogP contribution < -0.4 is 0 Å². The van der Waals surface area contributed by atoms with E-state index in [4.69, 9.17) is 0 Å². The summed E-state index contributed by atoms with van der Waals surface area (Å²) in [6, 6.07) is 3.99. The molecule has 7 nitrogen and oxygen atoms in total. The van der Waals surface area contributed by atoms with Crippen molar-refractivity contribution in [3.8, 4) is 0 Å². The van der Waals surface area contributed by atoms with Crippen LogP contribution in [0.1, 0.15) is 24.2 Å². The smallest absolute Gasteiger partial charge is 0.243 e. The van der Waals surface area contributed by atoms with Crippen molar-refractivity contribution in [2.24, 2.45) is 0 Å². The van der Waals surface area contributed by atoms with E-state index in [1.165, 1.54) is 16.4 Å². The molecule has 2 aliphatic rings. The van der Waals surface area contributed by atoms with Gasteiger partial charge in [0.05, 0.1) is 29.2 Å². The summed E-state index contributed by atoms with van der Waals surface area (Å²) in [7, 11) is -3.84. The third-order valence-corrected chi connectivity index (χ3v) is 6.92. The second-order valence-corrected chi connectivity index (χ2v) is 8.46. The molecule has 3 heterocycles. The van der Waals surface area contributed by atoms with E-state index < -0.39 is 21.9 Å². The second-order valence-electron chi connectivity index (χ2n) is 6.57. The fraction of sp³-hybridized carbons (Fsp3) is 0.412. The highest BCUT2D eigenvalue weighted by Crippen LogP contribution is 2.28. The number of sulfonamides is 1. The van der Waals surface area contributed by atoms with Gasteiger partial charge in [0, 0.05) is 19.5 Å².